The predicted molar refractivity (Wildman–Crippen MR) is 104 cm³/mol. The molecule has 0 radical (unpaired) electrons. The van der Waals surface area contributed by atoms with Gasteiger partial charge in [-0.15, -0.1) is 0 Å². The number of anilines is 3. The number of hydrogen-bond donors (Lipinski definition) is 2. The number of aromatic nitrogens is 3. The highest BCUT2D eigenvalue weighted by atomic mass is 16.2. The average Bonchev–Trinajstić information content (AvgIpc) is 3.46. The third-order valence-electron chi connectivity index (χ3n) is 4.78. The van der Waals surface area contributed by atoms with Crippen molar-refractivity contribution < 1.29 is 4.79 Å². The van der Waals surface area contributed by atoms with Crippen LogP contribution in [0.4, 0.5) is 17.3 Å². The molecule has 7 nitrogen and oxygen atoms in total. The van der Waals surface area contributed by atoms with Gasteiger partial charge in [-0.05, 0) is 43.0 Å². The second-order valence-corrected chi connectivity index (χ2v) is 6.81. The summed E-state index contributed by atoms with van der Waals surface area (Å²) in [5.74, 6) is 1.18. The first-order valence-corrected chi connectivity index (χ1v) is 9.02. The third-order valence-corrected chi connectivity index (χ3v) is 4.78. The van der Waals surface area contributed by atoms with Crippen LogP contribution in [-0.4, -0.2) is 20.4 Å². The molecule has 0 unspecified atom stereocenters. The van der Waals surface area contributed by atoms with Crippen LogP contribution >= 0.6 is 0 Å². The SMILES string of the molecule is CCc1cc(C#N)ccc1Nc1cc2c(ncn2C)c(NC(=O)C2CC2)n1. The summed E-state index contributed by atoms with van der Waals surface area (Å²) in [7, 11) is 1.91. The minimum atomic E-state index is -0.000719. The van der Waals surface area contributed by atoms with Gasteiger partial charge in [-0.1, -0.05) is 6.92 Å². The Morgan fingerprint density at radius 2 is 2.19 bits per heavy atom. The number of imidazole rings is 1. The molecule has 0 aliphatic heterocycles. The van der Waals surface area contributed by atoms with Gasteiger partial charge in [0.05, 0.1) is 23.5 Å². The lowest BCUT2D eigenvalue weighted by atomic mass is 10.1. The Kier molecular flexibility index (Phi) is 4.24. The molecule has 1 saturated carbocycles. The van der Waals surface area contributed by atoms with E-state index in [2.05, 4.69) is 26.7 Å². The molecule has 1 amide bonds. The van der Waals surface area contributed by atoms with Crippen molar-refractivity contribution in [2.24, 2.45) is 13.0 Å². The van der Waals surface area contributed by atoms with Crippen molar-refractivity contribution in [3.63, 3.8) is 0 Å². The third kappa shape index (κ3) is 3.34. The molecule has 1 fully saturated rings. The van der Waals surface area contributed by atoms with Gasteiger partial charge in [-0.2, -0.15) is 5.26 Å². The van der Waals surface area contributed by atoms with Gasteiger partial charge in [0.25, 0.3) is 0 Å². The number of nitriles is 1. The van der Waals surface area contributed by atoms with Crippen molar-refractivity contribution in [3.8, 4) is 6.07 Å². The molecule has 2 heterocycles. The molecular formula is C20H20N6O. The Labute approximate surface area is 157 Å². The lowest BCUT2D eigenvalue weighted by Gasteiger charge is -2.13. The van der Waals surface area contributed by atoms with E-state index in [0.29, 0.717) is 22.7 Å². The number of benzene rings is 1. The topological polar surface area (TPSA) is 95.6 Å². The number of fused-ring (bicyclic) bond motifs is 1. The minimum absolute atomic E-state index is 0.000719. The number of aryl methyl sites for hydroxylation is 2. The molecular weight excluding hydrogens is 340 g/mol. The summed E-state index contributed by atoms with van der Waals surface area (Å²) in [5.41, 5.74) is 4.11. The number of nitrogens with zero attached hydrogens (tertiary/aromatic N) is 4. The second kappa shape index (κ2) is 6.72. The van der Waals surface area contributed by atoms with Gasteiger partial charge < -0.3 is 15.2 Å². The summed E-state index contributed by atoms with van der Waals surface area (Å²) < 4.78 is 1.90. The van der Waals surface area contributed by atoms with Crippen LogP contribution in [0, 0.1) is 17.2 Å². The molecule has 1 aromatic carbocycles. The molecule has 2 aromatic heterocycles. The van der Waals surface area contributed by atoms with E-state index in [1.54, 1.807) is 12.4 Å². The highest BCUT2D eigenvalue weighted by molar-refractivity contribution is 6.00. The maximum atomic E-state index is 12.2. The highest BCUT2D eigenvalue weighted by Gasteiger charge is 2.30. The van der Waals surface area contributed by atoms with Crippen LogP contribution in [0.3, 0.4) is 0 Å². The van der Waals surface area contributed by atoms with Crippen molar-refractivity contribution in [1.82, 2.24) is 14.5 Å². The van der Waals surface area contributed by atoms with Gasteiger partial charge in [0.15, 0.2) is 5.82 Å². The molecule has 1 aliphatic rings. The van der Waals surface area contributed by atoms with E-state index < -0.39 is 0 Å². The molecule has 0 bridgehead atoms. The van der Waals surface area contributed by atoms with E-state index in [4.69, 9.17) is 5.26 Å². The largest absolute Gasteiger partial charge is 0.340 e. The molecule has 0 saturated heterocycles. The Balaban J connectivity index is 1.72. The first-order chi connectivity index (χ1) is 13.1. The number of pyridine rings is 1. The number of nitrogens with one attached hydrogen (secondary N) is 2. The fourth-order valence-corrected chi connectivity index (χ4v) is 3.06. The van der Waals surface area contributed by atoms with Gasteiger partial charge in [0, 0.05) is 24.7 Å². The quantitative estimate of drug-likeness (QED) is 0.726. The summed E-state index contributed by atoms with van der Waals surface area (Å²) in [6, 6.07) is 9.61. The summed E-state index contributed by atoms with van der Waals surface area (Å²) in [6.45, 7) is 2.04. The molecule has 7 heteroatoms. The van der Waals surface area contributed by atoms with Crippen LogP contribution in [0.15, 0.2) is 30.6 Å². The summed E-state index contributed by atoms with van der Waals surface area (Å²) in [5, 5.41) is 15.4. The van der Waals surface area contributed by atoms with E-state index in [0.717, 1.165) is 36.0 Å². The Morgan fingerprint density at radius 1 is 1.37 bits per heavy atom. The fourth-order valence-electron chi connectivity index (χ4n) is 3.06. The summed E-state index contributed by atoms with van der Waals surface area (Å²) in [6.07, 6.45) is 4.36. The highest BCUT2D eigenvalue weighted by Crippen LogP contribution is 2.32. The van der Waals surface area contributed by atoms with Crippen LogP contribution in [-0.2, 0) is 18.3 Å². The molecule has 27 heavy (non-hydrogen) atoms. The monoisotopic (exact) mass is 360 g/mol. The van der Waals surface area contributed by atoms with Gasteiger partial charge in [-0.25, -0.2) is 9.97 Å². The van der Waals surface area contributed by atoms with E-state index in [-0.39, 0.29) is 11.8 Å². The van der Waals surface area contributed by atoms with Crippen molar-refractivity contribution in [1.29, 1.82) is 5.26 Å². The van der Waals surface area contributed by atoms with Crippen LogP contribution < -0.4 is 10.6 Å². The van der Waals surface area contributed by atoms with Gasteiger partial charge in [0.1, 0.15) is 11.3 Å². The Morgan fingerprint density at radius 3 is 2.89 bits per heavy atom. The van der Waals surface area contributed by atoms with E-state index >= 15 is 0 Å². The lowest BCUT2D eigenvalue weighted by Crippen LogP contribution is -2.15. The fraction of sp³-hybridized carbons (Fsp3) is 0.300. The van der Waals surface area contributed by atoms with E-state index in [1.165, 1.54) is 0 Å². The number of amides is 1. The Bertz CT molecular complexity index is 1070. The van der Waals surface area contributed by atoms with Crippen LogP contribution in [0.25, 0.3) is 11.0 Å². The first kappa shape index (κ1) is 17.0. The molecule has 1 aliphatic carbocycles. The average molecular weight is 360 g/mol. The molecule has 2 N–H and O–H groups in total. The van der Waals surface area contributed by atoms with Gasteiger partial charge >= 0.3 is 0 Å². The molecule has 136 valence electrons. The summed E-state index contributed by atoms with van der Waals surface area (Å²) in [4.78, 5) is 21.2. The van der Waals surface area contributed by atoms with E-state index in [9.17, 15) is 4.79 Å². The van der Waals surface area contributed by atoms with Crippen molar-refractivity contribution >= 4 is 34.3 Å². The number of hydrogen-bond acceptors (Lipinski definition) is 5. The maximum absolute atomic E-state index is 12.2. The standard InChI is InChI=1S/C20H20N6O/c1-3-13-8-12(10-21)4-7-15(13)23-17-9-16-18(22-11-26(16)2)19(24-17)25-20(27)14-5-6-14/h4,7-9,11,14H,3,5-6H2,1-2H3,(H2,23,24,25,27). The molecule has 0 atom stereocenters. The van der Waals surface area contributed by atoms with Crippen molar-refractivity contribution in [2.75, 3.05) is 10.6 Å². The van der Waals surface area contributed by atoms with Crippen LogP contribution in [0.1, 0.15) is 30.9 Å². The molecule has 3 aromatic rings. The number of carbonyl (C=O) groups is 1. The zero-order chi connectivity index (χ0) is 19.0. The van der Waals surface area contributed by atoms with Gasteiger partial charge in [-0.3, -0.25) is 4.79 Å². The number of carbonyl (C=O) groups excluding carboxylic acids is 1. The predicted octanol–water partition coefficient (Wildman–Crippen LogP) is 3.49. The minimum Gasteiger partial charge on any atom is -0.340 e. The number of rotatable bonds is 5. The Hall–Kier alpha value is -3.40. The normalized spacial score (nSPS) is 13.4. The van der Waals surface area contributed by atoms with Crippen LogP contribution in [0.5, 0.6) is 0 Å². The zero-order valence-electron chi connectivity index (χ0n) is 15.3. The maximum Gasteiger partial charge on any atom is 0.228 e. The molecule has 0 spiro atoms. The first-order valence-electron chi connectivity index (χ1n) is 9.02. The second-order valence-electron chi connectivity index (χ2n) is 6.81. The van der Waals surface area contributed by atoms with Gasteiger partial charge in [0.2, 0.25) is 5.91 Å². The summed E-state index contributed by atoms with van der Waals surface area (Å²) >= 11 is 0. The molecule has 4 rings (SSSR count). The van der Waals surface area contributed by atoms with Crippen molar-refractivity contribution in [3.05, 3.63) is 41.7 Å². The van der Waals surface area contributed by atoms with Crippen molar-refractivity contribution in [2.45, 2.75) is 26.2 Å². The zero-order valence-corrected chi connectivity index (χ0v) is 15.3. The van der Waals surface area contributed by atoms with Crippen LogP contribution in [0.2, 0.25) is 0 Å². The lowest BCUT2D eigenvalue weighted by molar-refractivity contribution is -0.117. The van der Waals surface area contributed by atoms with E-state index in [1.807, 2.05) is 36.7 Å². The smallest absolute Gasteiger partial charge is 0.228 e.